The van der Waals surface area contributed by atoms with Gasteiger partial charge in [-0.05, 0) is 47.8 Å². The summed E-state index contributed by atoms with van der Waals surface area (Å²) < 4.78 is 0. The fraction of sp³-hybridized carbons (Fsp3) is 0.538. The van der Waals surface area contributed by atoms with E-state index in [0.717, 1.165) is 12.8 Å². The molecule has 0 amide bonds. The first-order valence-corrected chi connectivity index (χ1v) is 6.68. The standard InChI is InChI=1S/C13H17ClS/c1-9-4-11(8-15-9)10-5-12(14)7-13(2,3)6-10/h4-5,8,12H,6-7H2,1-3H3. The van der Waals surface area contributed by atoms with Crippen LogP contribution in [-0.4, -0.2) is 5.38 Å². The van der Waals surface area contributed by atoms with E-state index in [1.807, 2.05) is 11.3 Å². The number of hydrogen-bond acceptors (Lipinski definition) is 1. The fourth-order valence-corrected chi connectivity index (χ4v) is 3.56. The SMILES string of the molecule is Cc1cc(C2=CC(Cl)CC(C)(C)C2)cs1. The van der Waals surface area contributed by atoms with Gasteiger partial charge < -0.3 is 0 Å². The van der Waals surface area contributed by atoms with Gasteiger partial charge in [-0.25, -0.2) is 0 Å². The van der Waals surface area contributed by atoms with Crippen molar-refractivity contribution in [3.63, 3.8) is 0 Å². The van der Waals surface area contributed by atoms with Gasteiger partial charge in [-0.2, -0.15) is 0 Å². The van der Waals surface area contributed by atoms with Gasteiger partial charge in [0.05, 0.1) is 5.38 Å². The van der Waals surface area contributed by atoms with E-state index in [9.17, 15) is 0 Å². The van der Waals surface area contributed by atoms with Crippen molar-refractivity contribution in [1.29, 1.82) is 0 Å². The molecule has 1 heterocycles. The molecule has 0 fully saturated rings. The Balaban J connectivity index is 2.29. The van der Waals surface area contributed by atoms with Gasteiger partial charge in [-0.15, -0.1) is 22.9 Å². The zero-order valence-electron chi connectivity index (χ0n) is 9.51. The molecule has 0 spiro atoms. The molecular formula is C13H17ClS. The van der Waals surface area contributed by atoms with Crippen LogP contribution in [0.1, 0.15) is 37.1 Å². The van der Waals surface area contributed by atoms with Crippen molar-refractivity contribution in [3.8, 4) is 0 Å². The second kappa shape index (κ2) is 3.95. The van der Waals surface area contributed by atoms with Crippen LogP contribution in [0.15, 0.2) is 17.5 Å². The molecule has 1 aliphatic carbocycles. The summed E-state index contributed by atoms with van der Waals surface area (Å²) in [5, 5.41) is 2.44. The van der Waals surface area contributed by atoms with Crippen LogP contribution in [0.4, 0.5) is 0 Å². The van der Waals surface area contributed by atoms with Gasteiger partial charge in [0.25, 0.3) is 0 Å². The van der Waals surface area contributed by atoms with Crippen LogP contribution in [0.5, 0.6) is 0 Å². The predicted octanol–water partition coefficient (Wildman–Crippen LogP) is 4.87. The summed E-state index contributed by atoms with van der Waals surface area (Å²) in [6.07, 6.45) is 4.46. The molecule has 0 aliphatic heterocycles. The van der Waals surface area contributed by atoms with E-state index >= 15 is 0 Å². The Morgan fingerprint density at radius 1 is 1.47 bits per heavy atom. The maximum Gasteiger partial charge on any atom is 0.0527 e. The zero-order chi connectivity index (χ0) is 11.1. The van der Waals surface area contributed by atoms with Crippen molar-refractivity contribution < 1.29 is 0 Å². The maximum absolute atomic E-state index is 6.28. The highest BCUT2D eigenvalue weighted by Crippen LogP contribution is 2.41. The quantitative estimate of drug-likeness (QED) is 0.615. The van der Waals surface area contributed by atoms with Crippen LogP contribution < -0.4 is 0 Å². The van der Waals surface area contributed by atoms with Crippen LogP contribution in [0.3, 0.4) is 0 Å². The molecule has 1 aromatic heterocycles. The second-order valence-electron chi connectivity index (χ2n) is 5.20. The van der Waals surface area contributed by atoms with Gasteiger partial charge >= 0.3 is 0 Å². The molecule has 2 rings (SSSR count). The van der Waals surface area contributed by atoms with E-state index in [2.05, 4.69) is 38.3 Å². The number of allylic oxidation sites excluding steroid dienone is 2. The summed E-state index contributed by atoms with van der Waals surface area (Å²) in [7, 11) is 0. The lowest BCUT2D eigenvalue weighted by molar-refractivity contribution is 0.340. The predicted molar refractivity (Wildman–Crippen MR) is 69.7 cm³/mol. The van der Waals surface area contributed by atoms with Gasteiger partial charge in [0.15, 0.2) is 0 Å². The highest BCUT2D eigenvalue weighted by Gasteiger charge is 2.28. The van der Waals surface area contributed by atoms with Crippen molar-refractivity contribution in [3.05, 3.63) is 28.0 Å². The summed E-state index contributed by atoms with van der Waals surface area (Å²) in [6, 6.07) is 2.27. The molecular weight excluding hydrogens is 224 g/mol. The minimum atomic E-state index is 0.198. The zero-order valence-corrected chi connectivity index (χ0v) is 11.1. The Hall–Kier alpha value is -0.270. The highest BCUT2D eigenvalue weighted by molar-refractivity contribution is 7.10. The maximum atomic E-state index is 6.28. The Morgan fingerprint density at radius 2 is 2.20 bits per heavy atom. The van der Waals surface area contributed by atoms with Gasteiger partial charge in [-0.3, -0.25) is 0 Å². The van der Waals surface area contributed by atoms with E-state index in [4.69, 9.17) is 11.6 Å². The summed E-state index contributed by atoms with van der Waals surface area (Å²) in [5.41, 5.74) is 3.14. The molecule has 82 valence electrons. The average Bonchev–Trinajstić information content (AvgIpc) is 2.48. The van der Waals surface area contributed by atoms with Gasteiger partial charge in [0.2, 0.25) is 0 Å². The van der Waals surface area contributed by atoms with Crippen molar-refractivity contribution in [2.75, 3.05) is 0 Å². The molecule has 1 aromatic rings. The van der Waals surface area contributed by atoms with Crippen LogP contribution in [-0.2, 0) is 0 Å². The van der Waals surface area contributed by atoms with E-state index in [-0.39, 0.29) is 5.38 Å². The largest absolute Gasteiger partial charge is 0.149 e. The van der Waals surface area contributed by atoms with E-state index in [1.165, 1.54) is 16.0 Å². The van der Waals surface area contributed by atoms with Gasteiger partial charge in [-0.1, -0.05) is 19.9 Å². The number of halogens is 1. The lowest BCUT2D eigenvalue weighted by Gasteiger charge is -2.32. The number of hydrogen-bond donors (Lipinski definition) is 0. The normalized spacial score (nSPS) is 25.1. The molecule has 0 saturated carbocycles. The molecule has 1 atom stereocenters. The smallest absolute Gasteiger partial charge is 0.0527 e. The minimum absolute atomic E-state index is 0.198. The highest BCUT2D eigenvalue weighted by atomic mass is 35.5. The Labute approximate surface area is 101 Å². The molecule has 0 radical (unpaired) electrons. The van der Waals surface area contributed by atoms with Crippen molar-refractivity contribution in [2.24, 2.45) is 5.41 Å². The molecule has 1 unspecified atom stereocenters. The Bertz CT molecular complexity index is 387. The third-order valence-electron chi connectivity index (χ3n) is 2.90. The van der Waals surface area contributed by atoms with Crippen LogP contribution >= 0.6 is 22.9 Å². The monoisotopic (exact) mass is 240 g/mol. The lowest BCUT2D eigenvalue weighted by Crippen LogP contribution is -2.21. The van der Waals surface area contributed by atoms with Crippen LogP contribution in [0.2, 0.25) is 0 Å². The second-order valence-corrected chi connectivity index (χ2v) is 6.87. The fourth-order valence-electron chi connectivity index (χ4n) is 2.26. The Morgan fingerprint density at radius 3 is 2.73 bits per heavy atom. The number of thiophene rings is 1. The first-order valence-electron chi connectivity index (χ1n) is 5.36. The van der Waals surface area contributed by atoms with Crippen LogP contribution in [0.25, 0.3) is 5.57 Å². The topological polar surface area (TPSA) is 0 Å². The number of aryl methyl sites for hydroxylation is 1. The third-order valence-corrected chi connectivity index (χ3v) is 4.04. The molecule has 0 saturated heterocycles. The summed E-state index contributed by atoms with van der Waals surface area (Å²) in [4.78, 5) is 1.38. The molecule has 1 aliphatic rings. The molecule has 15 heavy (non-hydrogen) atoms. The summed E-state index contributed by atoms with van der Waals surface area (Å²) in [6.45, 7) is 6.75. The number of alkyl halides is 1. The average molecular weight is 241 g/mol. The summed E-state index contributed by atoms with van der Waals surface area (Å²) in [5.74, 6) is 0. The Kier molecular flexibility index (Phi) is 2.96. The molecule has 0 bridgehead atoms. The van der Waals surface area contributed by atoms with E-state index in [0.29, 0.717) is 5.41 Å². The minimum Gasteiger partial charge on any atom is -0.149 e. The molecule has 2 heteroatoms. The van der Waals surface area contributed by atoms with Crippen molar-refractivity contribution in [1.82, 2.24) is 0 Å². The van der Waals surface area contributed by atoms with Gasteiger partial charge in [0.1, 0.15) is 0 Å². The lowest BCUT2D eigenvalue weighted by atomic mass is 9.76. The molecule has 0 nitrogen and oxygen atoms in total. The van der Waals surface area contributed by atoms with Crippen molar-refractivity contribution in [2.45, 2.75) is 39.0 Å². The van der Waals surface area contributed by atoms with Gasteiger partial charge in [0, 0.05) is 4.88 Å². The van der Waals surface area contributed by atoms with E-state index < -0.39 is 0 Å². The molecule has 0 aromatic carbocycles. The number of rotatable bonds is 1. The first-order chi connectivity index (χ1) is 6.96. The summed E-state index contributed by atoms with van der Waals surface area (Å²) >= 11 is 8.10. The molecule has 0 N–H and O–H groups in total. The van der Waals surface area contributed by atoms with E-state index in [1.54, 1.807) is 0 Å². The van der Waals surface area contributed by atoms with Crippen LogP contribution in [0, 0.1) is 12.3 Å². The third kappa shape index (κ3) is 2.64. The van der Waals surface area contributed by atoms with Crippen molar-refractivity contribution >= 4 is 28.5 Å². The first kappa shape index (κ1) is 11.2.